The number of benzene rings is 1. The molecule has 16 heavy (non-hydrogen) atoms. The van der Waals surface area contributed by atoms with E-state index in [4.69, 9.17) is 10.5 Å². The summed E-state index contributed by atoms with van der Waals surface area (Å²) < 4.78 is 4.89. The van der Waals surface area contributed by atoms with Crippen molar-refractivity contribution in [3.05, 3.63) is 28.8 Å². The zero-order valence-corrected chi connectivity index (χ0v) is 9.95. The highest BCUT2D eigenvalue weighted by Gasteiger charge is 2.05. The predicted octanol–water partition coefficient (Wildman–Crippen LogP) is 1.36. The van der Waals surface area contributed by atoms with Crippen molar-refractivity contribution >= 4 is 5.84 Å². The van der Waals surface area contributed by atoms with Crippen LogP contribution in [0.5, 0.6) is 5.75 Å². The van der Waals surface area contributed by atoms with Crippen molar-refractivity contribution in [2.45, 2.75) is 13.8 Å². The number of nitrogens with zero attached hydrogens (tertiary/aromatic N) is 1. The molecule has 0 heterocycles. The minimum Gasteiger partial charge on any atom is -0.507 e. The number of rotatable bonds is 4. The van der Waals surface area contributed by atoms with Crippen LogP contribution in [0.25, 0.3) is 0 Å². The van der Waals surface area contributed by atoms with Gasteiger partial charge in [0.15, 0.2) is 0 Å². The summed E-state index contributed by atoms with van der Waals surface area (Å²) in [5, 5.41) is 9.63. The molecule has 0 radical (unpaired) electrons. The smallest absolute Gasteiger partial charge is 0.125 e. The van der Waals surface area contributed by atoms with Crippen molar-refractivity contribution in [1.82, 2.24) is 0 Å². The predicted molar refractivity (Wildman–Crippen MR) is 65.0 cm³/mol. The van der Waals surface area contributed by atoms with Crippen LogP contribution in [-0.2, 0) is 4.74 Å². The fraction of sp³-hybridized carbons (Fsp3) is 0.417. The van der Waals surface area contributed by atoms with Gasteiger partial charge in [0.25, 0.3) is 0 Å². The molecule has 0 aliphatic heterocycles. The maximum Gasteiger partial charge on any atom is 0.125 e. The fourth-order valence-corrected chi connectivity index (χ4v) is 1.45. The number of aromatic hydroxyl groups is 1. The van der Waals surface area contributed by atoms with Crippen LogP contribution in [0.2, 0.25) is 0 Å². The summed E-state index contributed by atoms with van der Waals surface area (Å²) in [5.41, 5.74) is 8.28. The van der Waals surface area contributed by atoms with Crippen LogP contribution in [-0.4, -0.2) is 31.2 Å². The van der Waals surface area contributed by atoms with Crippen LogP contribution < -0.4 is 5.73 Å². The quantitative estimate of drug-likeness (QED) is 0.459. The third-order valence-electron chi connectivity index (χ3n) is 2.36. The van der Waals surface area contributed by atoms with Crippen molar-refractivity contribution in [2.24, 2.45) is 10.7 Å². The number of phenolic OH excluding ortho intramolecular Hbond substituents is 1. The molecule has 0 amide bonds. The minimum absolute atomic E-state index is 0.313. The Morgan fingerprint density at radius 2 is 1.94 bits per heavy atom. The Bertz CT molecular complexity index is 377. The highest BCUT2D eigenvalue weighted by atomic mass is 16.5. The van der Waals surface area contributed by atoms with Crippen LogP contribution in [0.3, 0.4) is 0 Å². The summed E-state index contributed by atoms with van der Waals surface area (Å²) in [5.74, 6) is 0.789. The second-order valence-electron chi connectivity index (χ2n) is 3.72. The summed E-state index contributed by atoms with van der Waals surface area (Å²) >= 11 is 0. The zero-order valence-electron chi connectivity index (χ0n) is 9.95. The van der Waals surface area contributed by atoms with E-state index in [0.29, 0.717) is 24.7 Å². The molecule has 3 N–H and O–H groups in total. The Labute approximate surface area is 95.8 Å². The van der Waals surface area contributed by atoms with Crippen LogP contribution in [0.15, 0.2) is 17.1 Å². The molecule has 1 aromatic carbocycles. The van der Waals surface area contributed by atoms with Crippen molar-refractivity contribution in [3.8, 4) is 5.75 Å². The van der Waals surface area contributed by atoms with Crippen LogP contribution >= 0.6 is 0 Å². The molecule has 0 aromatic heterocycles. The van der Waals surface area contributed by atoms with Crippen molar-refractivity contribution < 1.29 is 9.84 Å². The van der Waals surface area contributed by atoms with Crippen LogP contribution in [0, 0.1) is 13.8 Å². The SMILES string of the molecule is COCCN=C(N)c1cc(C)c(O)c(C)c1. The van der Waals surface area contributed by atoms with E-state index in [1.807, 2.05) is 26.0 Å². The lowest BCUT2D eigenvalue weighted by molar-refractivity contribution is 0.208. The van der Waals surface area contributed by atoms with E-state index >= 15 is 0 Å². The Morgan fingerprint density at radius 3 is 2.44 bits per heavy atom. The first-order valence-electron chi connectivity index (χ1n) is 5.15. The number of phenols is 1. The molecular formula is C12H18N2O2. The van der Waals surface area contributed by atoms with Crippen LogP contribution in [0.1, 0.15) is 16.7 Å². The second kappa shape index (κ2) is 5.51. The third-order valence-corrected chi connectivity index (χ3v) is 2.36. The largest absolute Gasteiger partial charge is 0.507 e. The molecule has 1 rings (SSSR count). The first-order chi connectivity index (χ1) is 7.56. The topological polar surface area (TPSA) is 67.8 Å². The maximum absolute atomic E-state index is 9.63. The summed E-state index contributed by atoms with van der Waals surface area (Å²) in [4.78, 5) is 4.18. The van der Waals surface area contributed by atoms with Gasteiger partial charge < -0.3 is 15.6 Å². The lowest BCUT2D eigenvalue weighted by Gasteiger charge is -2.07. The number of hydrogen-bond acceptors (Lipinski definition) is 3. The van der Waals surface area contributed by atoms with Gasteiger partial charge in [0.05, 0.1) is 13.2 Å². The van der Waals surface area contributed by atoms with Gasteiger partial charge >= 0.3 is 0 Å². The van der Waals surface area contributed by atoms with Gasteiger partial charge in [0.2, 0.25) is 0 Å². The van der Waals surface area contributed by atoms with E-state index in [9.17, 15) is 5.11 Å². The van der Waals surface area contributed by atoms with Crippen molar-refractivity contribution in [3.63, 3.8) is 0 Å². The molecule has 0 saturated heterocycles. The number of ether oxygens (including phenoxy) is 1. The van der Waals surface area contributed by atoms with E-state index in [2.05, 4.69) is 4.99 Å². The molecule has 1 aromatic rings. The van der Waals surface area contributed by atoms with Gasteiger partial charge in [-0.15, -0.1) is 0 Å². The third kappa shape index (κ3) is 2.97. The van der Waals surface area contributed by atoms with Gasteiger partial charge in [-0.25, -0.2) is 0 Å². The van der Waals surface area contributed by atoms with Gasteiger partial charge in [-0.2, -0.15) is 0 Å². The van der Waals surface area contributed by atoms with Crippen LogP contribution in [0.4, 0.5) is 0 Å². The minimum atomic E-state index is 0.313. The molecular weight excluding hydrogens is 204 g/mol. The number of hydrogen-bond donors (Lipinski definition) is 2. The number of nitrogens with two attached hydrogens (primary N) is 1. The van der Waals surface area contributed by atoms with E-state index in [1.165, 1.54) is 0 Å². The van der Waals surface area contributed by atoms with Gasteiger partial charge in [-0.1, -0.05) is 0 Å². The highest BCUT2D eigenvalue weighted by molar-refractivity contribution is 5.98. The molecule has 0 aliphatic rings. The van der Waals surface area contributed by atoms with Gasteiger partial charge in [0, 0.05) is 12.7 Å². The molecule has 4 nitrogen and oxygen atoms in total. The fourth-order valence-electron chi connectivity index (χ4n) is 1.45. The molecule has 0 saturated carbocycles. The molecule has 0 unspecified atom stereocenters. The number of methoxy groups -OCH3 is 1. The first kappa shape index (κ1) is 12.5. The Balaban J connectivity index is 2.92. The summed E-state index contributed by atoms with van der Waals surface area (Å²) in [6, 6.07) is 3.65. The summed E-state index contributed by atoms with van der Waals surface area (Å²) in [6.45, 7) is 4.78. The normalized spacial score (nSPS) is 11.8. The Hall–Kier alpha value is -1.55. The monoisotopic (exact) mass is 222 g/mol. The van der Waals surface area contributed by atoms with E-state index in [-0.39, 0.29) is 0 Å². The lowest BCUT2D eigenvalue weighted by atomic mass is 10.1. The zero-order chi connectivity index (χ0) is 12.1. The summed E-state index contributed by atoms with van der Waals surface area (Å²) in [7, 11) is 1.63. The maximum atomic E-state index is 9.63. The molecule has 4 heteroatoms. The first-order valence-corrected chi connectivity index (χ1v) is 5.15. The Kier molecular flexibility index (Phi) is 4.31. The van der Waals surface area contributed by atoms with Gasteiger partial charge in [-0.3, -0.25) is 4.99 Å². The molecule has 0 spiro atoms. The van der Waals surface area contributed by atoms with Gasteiger partial charge in [0.1, 0.15) is 11.6 Å². The van der Waals surface area contributed by atoms with E-state index in [1.54, 1.807) is 7.11 Å². The molecule has 88 valence electrons. The Morgan fingerprint density at radius 1 is 1.38 bits per heavy atom. The highest BCUT2D eigenvalue weighted by Crippen LogP contribution is 2.22. The lowest BCUT2D eigenvalue weighted by Crippen LogP contribution is -2.15. The standard InChI is InChI=1S/C12H18N2O2/c1-8-6-10(7-9(2)11(8)15)12(13)14-4-5-16-3/h6-7,15H,4-5H2,1-3H3,(H2,13,14). The molecule has 0 aliphatic carbocycles. The number of amidine groups is 1. The molecule has 0 bridgehead atoms. The van der Waals surface area contributed by atoms with E-state index in [0.717, 1.165) is 16.7 Å². The van der Waals surface area contributed by atoms with Gasteiger partial charge in [-0.05, 0) is 37.1 Å². The number of aryl methyl sites for hydroxylation is 2. The molecule has 0 fully saturated rings. The average molecular weight is 222 g/mol. The molecule has 0 atom stereocenters. The summed E-state index contributed by atoms with van der Waals surface area (Å²) in [6.07, 6.45) is 0. The van der Waals surface area contributed by atoms with Crippen molar-refractivity contribution in [1.29, 1.82) is 0 Å². The van der Waals surface area contributed by atoms with Crippen molar-refractivity contribution in [2.75, 3.05) is 20.3 Å². The second-order valence-corrected chi connectivity index (χ2v) is 3.72. The van der Waals surface area contributed by atoms with E-state index < -0.39 is 0 Å². The number of aliphatic imine (C=N–C) groups is 1. The average Bonchev–Trinajstić information content (AvgIpc) is 2.25.